The van der Waals surface area contributed by atoms with E-state index in [0.717, 1.165) is 42.6 Å². The van der Waals surface area contributed by atoms with E-state index in [4.69, 9.17) is 9.47 Å². The molecule has 0 aliphatic heterocycles. The Morgan fingerprint density at radius 3 is 2.33 bits per heavy atom. The number of Topliss-reactive ketones (excluding diaryl/α,β-unsaturated/α-hetero) is 1. The van der Waals surface area contributed by atoms with E-state index in [1.54, 1.807) is 6.92 Å². The number of ketones is 1. The molecule has 6 nitrogen and oxygen atoms in total. The van der Waals surface area contributed by atoms with E-state index >= 15 is 0 Å². The first-order valence-electron chi connectivity index (χ1n) is 17.7. The number of allylic oxidation sites excluding steroid dienone is 3. The van der Waals surface area contributed by atoms with Crippen molar-refractivity contribution in [2.75, 3.05) is 6.61 Å². The van der Waals surface area contributed by atoms with Crippen LogP contribution in [0.4, 0.5) is 0 Å². The number of ether oxygens (including phenoxy) is 2. The topological polar surface area (TPSA) is 89.9 Å². The molecular formula is C39H50O6. The predicted molar refractivity (Wildman–Crippen MR) is 169 cm³/mol. The molecule has 0 aromatic carbocycles. The van der Waals surface area contributed by atoms with Crippen LogP contribution in [0.2, 0.25) is 0 Å². The quantitative estimate of drug-likeness (QED) is 0.261. The van der Waals surface area contributed by atoms with E-state index in [0.29, 0.717) is 17.6 Å². The number of esters is 2. The summed E-state index contributed by atoms with van der Waals surface area (Å²) in [7, 11) is 0. The molecule has 45 heavy (non-hydrogen) atoms. The molecule has 9 aliphatic rings. The molecule has 0 spiro atoms. The zero-order valence-electron chi connectivity index (χ0n) is 27.5. The van der Waals surface area contributed by atoms with Crippen molar-refractivity contribution in [1.29, 1.82) is 0 Å². The van der Waals surface area contributed by atoms with Crippen molar-refractivity contribution in [3.63, 3.8) is 0 Å². The molecule has 0 heterocycles. The first-order chi connectivity index (χ1) is 21.3. The highest BCUT2D eigenvalue weighted by atomic mass is 16.6. The van der Waals surface area contributed by atoms with Gasteiger partial charge in [-0.1, -0.05) is 51.2 Å². The molecule has 7 atom stereocenters. The third kappa shape index (κ3) is 4.47. The lowest BCUT2D eigenvalue weighted by Gasteiger charge is -2.56. The molecule has 6 heteroatoms. The minimum absolute atomic E-state index is 0.00688. The minimum Gasteiger partial charge on any atom is -0.458 e. The van der Waals surface area contributed by atoms with Gasteiger partial charge in [-0.05, 0) is 117 Å². The summed E-state index contributed by atoms with van der Waals surface area (Å²) in [5.74, 6) is 1.66. The first-order valence-corrected chi connectivity index (χ1v) is 17.7. The fourth-order valence-corrected chi connectivity index (χ4v) is 12.7. The second-order valence-electron chi connectivity index (χ2n) is 17.3. The second-order valence-corrected chi connectivity index (χ2v) is 17.3. The summed E-state index contributed by atoms with van der Waals surface area (Å²) in [5.41, 5.74) is -0.271. The molecule has 1 unspecified atom stereocenters. The van der Waals surface area contributed by atoms with Crippen LogP contribution >= 0.6 is 0 Å². The number of aliphatic hydroxyl groups is 1. The standard InChI is InChI=1S/C39H50O6/c1-22-10-30-32-23(2)15-39(45-31(40)20-37-16-24-11-25(17-37)13-26(12-24)18-37)33(36(39,3)4)29(32)14-27(19-38(30,43)34(22)41)21-44-35(42)28-8-6-5-7-9-28/h6,8-10,14,23-26,29-30,32-33,43H,5,7,11-13,15-21H2,1-4H3/t23-,24?,25?,26?,29-,30+,32?,33-,37?,38-,39+/m1/s1. The van der Waals surface area contributed by atoms with Crippen molar-refractivity contribution < 1.29 is 29.0 Å². The van der Waals surface area contributed by atoms with E-state index in [-0.39, 0.29) is 71.2 Å². The predicted octanol–water partition coefficient (Wildman–Crippen LogP) is 6.83. The molecule has 9 aliphatic carbocycles. The smallest absolute Gasteiger partial charge is 0.338 e. The Morgan fingerprint density at radius 1 is 1.00 bits per heavy atom. The van der Waals surface area contributed by atoms with Gasteiger partial charge in [-0.25, -0.2) is 4.79 Å². The average Bonchev–Trinajstić information content (AvgIpc) is 3.40. The normalized spacial score (nSPS) is 46.6. The Labute approximate surface area is 267 Å². The van der Waals surface area contributed by atoms with Crippen LogP contribution in [-0.4, -0.2) is 40.6 Å². The van der Waals surface area contributed by atoms with Gasteiger partial charge in [0.05, 0.1) is 12.0 Å². The molecule has 1 N–H and O–H groups in total. The summed E-state index contributed by atoms with van der Waals surface area (Å²) in [6.45, 7) is 8.52. The number of carbonyl (C=O) groups is 3. The van der Waals surface area contributed by atoms with Crippen LogP contribution in [0.25, 0.3) is 0 Å². The van der Waals surface area contributed by atoms with E-state index < -0.39 is 11.2 Å². The zero-order chi connectivity index (χ0) is 31.5. The fraction of sp³-hybridized carbons (Fsp3) is 0.718. The number of rotatable bonds is 6. The van der Waals surface area contributed by atoms with Crippen molar-refractivity contribution in [2.45, 2.75) is 110 Å². The highest BCUT2D eigenvalue weighted by Crippen LogP contribution is 2.76. The third-order valence-electron chi connectivity index (χ3n) is 14.1. The lowest BCUT2D eigenvalue weighted by Crippen LogP contribution is -2.49. The van der Waals surface area contributed by atoms with Gasteiger partial charge in [-0.3, -0.25) is 9.59 Å². The van der Waals surface area contributed by atoms with Gasteiger partial charge in [0.2, 0.25) is 0 Å². The van der Waals surface area contributed by atoms with Gasteiger partial charge < -0.3 is 14.6 Å². The average molecular weight is 615 g/mol. The molecule has 0 saturated heterocycles. The zero-order valence-corrected chi connectivity index (χ0v) is 27.5. The molecule has 0 radical (unpaired) electrons. The Hall–Kier alpha value is -2.47. The lowest BCUT2D eigenvalue weighted by atomic mass is 9.49. The summed E-state index contributed by atoms with van der Waals surface area (Å²) in [5, 5.41) is 12.1. The van der Waals surface area contributed by atoms with Gasteiger partial charge in [0.25, 0.3) is 0 Å². The van der Waals surface area contributed by atoms with Crippen LogP contribution in [0.15, 0.2) is 47.1 Å². The summed E-state index contributed by atoms with van der Waals surface area (Å²) in [6, 6.07) is 0. The van der Waals surface area contributed by atoms with Crippen LogP contribution in [0.5, 0.6) is 0 Å². The monoisotopic (exact) mass is 614 g/mol. The summed E-state index contributed by atoms with van der Waals surface area (Å²) >= 11 is 0. The van der Waals surface area contributed by atoms with Crippen LogP contribution in [0.1, 0.15) is 98.3 Å². The first kappa shape index (κ1) is 29.9. The SMILES string of the molecule is CC1=C[C@H]2C3[C@H](C)C[C@]4(OC(=O)CC56CC7CC(CC(C7)C5)C6)[C@H]([C@@H]3C=C(COC(=O)C3=CCCC=C3)C[C@]2(O)C1=O)C4(C)C. The molecule has 0 aromatic heterocycles. The summed E-state index contributed by atoms with van der Waals surface area (Å²) in [6.07, 6.45) is 20.7. The number of hydrogen-bond acceptors (Lipinski definition) is 6. The van der Waals surface area contributed by atoms with Gasteiger partial charge in [-0.15, -0.1) is 0 Å². The Morgan fingerprint density at radius 2 is 1.69 bits per heavy atom. The van der Waals surface area contributed by atoms with Gasteiger partial charge in [0.15, 0.2) is 5.78 Å². The van der Waals surface area contributed by atoms with Crippen LogP contribution in [0, 0.1) is 58.2 Å². The molecule has 6 fully saturated rings. The lowest BCUT2D eigenvalue weighted by molar-refractivity contribution is -0.166. The maximum atomic E-state index is 14.0. The number of carbonyl (C=O) groups excluding carboxylic acids is 3. The largest absolute Gasteiger partial charge is 0.458 e. The summed E-state index contributed by atoms with van der Waals surface area (Å²) in [4.78, 5) is 40.4. The van der Waals surface area contributed by atoms with Gasteiger partial charge >= 0.3 is 11.9 Å². The van der Waals surface area contributed by atoms with Crippen molar-refractivity contribution in [3.05, 3.63) is 47.1 Å². The maximum absolute atomic E-state index is 14.0. The molecule has 242 valence electrons. The molecule has 0 amide bonds. The number of fused-ring (bicyclic) bond motifs is 5. The second kappa shape index (κ2) is 10.0. The van der Waals surface area contributed by atoms with E-state index in [9.17, 15) is 19.5 Å². The van der Waals surface area contributed by atoms with Gasteiger partial charge in [0.1, 0.15) is 17.8 Å². The summed E-state index contributed by atoms with van der Waals surface area (Å²) < 4.78 is 12.6. The van der Waals surface area contributed by atoms with E-state index in [2.05, 4.69) is 26.8 Å². The Kier molecular flexibility index (Phi) is 6.66. The van der Waals surface area contributed by atoms with Crippen LogP contribution in [0.3, 0.4) is 0 Å². The third-order valence-corrected chi connectivity index (χ3v) is 14.1. The maximum Gasteiger partial charge on any atom is 0.338 e. The van der Waals surface area contributed by atoms with Crippen LogP contribution < -0.4 is 0 Å². The van der Waals surface area contributed by atoms with Crippen molar-refractivity contribution >= 4 is 17.7 Å². The van der Waals surface area contributed by atoms with Crippen molar-refractivity contribution in [2.24, 2.45) is 58.2 Å². The molecule has 0 aromatic rings. The van der Waals surface area contributed by atoms with E-state index in [1.165, 1.54) is 38.5 Å². The van der Waals surface area contributed by atoms with Gasteiger partial charge in [-0.2, -0.15) is 0 Å². The van der Waals surface area contributed by atoms with Crippen molar-refractivity contribution in [3.8, 4) is 0 Å². The van der Waals surface area contributed by atoms with Gasteiger partial charge in [0, 0.05) is 23.7 Å². The van der Waals surface area contributed by atoms with Crippen LogP contribution in [-0.2, 0) is 23.9 Å². The molecule has 6 saturated carbocycles. The van der Waals surface area contributed by atoms with E-state index in [1.807, 2.05) is 24.3 Å². The fourth-order valence-electron chi connectivity index (χ4n) is 12.7. The molecule has 4 bridgehead atoms. The molecule has 9 rings (SSSR count). The van der Waals surface area contributed by atoms with Crippen molar-refractivity contribution in [1.82, 2.24) is 0 Å². The highest BCUT2D eigenvalue weighted by molar-refractivity contribution is 6.04. The Balaban J connectivity index is 1.08. The molecular weight excluding hydrogens is 564 g/mol. The Bertz CT molecular complexity index is 1420. The highest BCUT2D eigenvalue weighted by Gasteiger charge is 2.80. The minimum atomic E-state index is -1.55. The number of hydrogen-bond donors (Lipinski definition) is 1.